The number of carbonyl (C=O) groups is 1. The lowest BCUT2D eigenvalue weighted by atomic mass is 9.88. The summed E-state index contributed by atoms with van der Waals surface area (Å²) < 4.78 is 1.89. The van der Waals surface area contributed by atoms with Gasteiger partial charge in [0.1, 0.15) is 0 Å². The van der Waals surface area contributed by atoms with Crippen LogP contribution in [-0.2, 0) is 11.3 Å². The number of aliphatic hydroxyl groups excluding tert-OH is 1. The van der Waals surface area contributed by atoms with Crippen LogP contribution in [0.2, 0.25) is 0 Å². The molecule has 6 heteroatoms. The molecule has 25 heavy (non-hydrogen) atoms. The van der Waals surface area contributed by atoms with Gasteiger partial charge < -0.3 is 14.9 Å². The zero-order chi connectivity index (χ0) is 17.3. The molecule has 3 heterocycles. The van der Waals surface area contributed by atoms with E-state index in [1.165, 1.54) is 25.9 Å². The van der Waals surface area contributed by atoms with Gasteiger partial charge in [0.2, 0.25) is 5.91 Å². The zero-order valence-corrected chi connectivity index (χ0v) is 15.0. The average Bonchev–Trinajstić information content (AvgIpc) is 3.01. The van der Waals surface area contributed by atoms with Crippen LogP contribution in [-0.4, -0.2) is 69.9 Å². The number of piperidine rings is 1. The van der Waals surface area contributed by atoms with Crippen LogP contribution in [0.5, 0.6) is 0 Å². The Labute approximate surface area is 149 Å². The Balaban J connectivity index is 1.41. The number of nitrogens with zero attached hydrogens (tertiary/aromatic N) is 4. The quantitative estimate of drug-likeness (QED) is 0.841. The molecule has 1 saturated carbocycles. The molecular weight excluding hydrogens is 316 g/mol. The lowest BCUT2D eigenvalue weighted by molar-refractivity contribution is -0.141. The van der Waals surface area contributed by atoms with E-state index < -0.39 is 0 Å². The van der Waals surface area contributed by atoms with Gasteiger partial charge in [-0.25, -0.2) is 0 Å². The van der Waals surface area contributed by atoms with Crippen LogP contribution in [0, 0.1) is 17.3 Å². The monoisotopic (exact) mass is 346 g/mol. The first kappa shape index (κ1) is 17.0. The summed E-state index contributed by atoms with van der Waals surface area (Å²) in [4.78, 5) is 17.8. The van der Waals surface area contributed by atoms with E-state index in [2.05, 4.69) is 14.9 Å². The molecule has 2 aliphatic heterocycles. The molecule has 0 radical (unpaired) electrons. The Hall–Kier alpha value is -1.40. The molecule has 0 aromatic carbocycles. The third kappa shape index (κ3) is 3.75. The largest absolute Gasteiger partial charge is 0.396 e. The highest BCUT2D eigenvalue weighted by Crippen LogP contribution is 2.49. The summed E-state index contributed by atoms with van der Waals surface area (Å²) in [6.07, 6.45) is 9.28. The number of aliphatic hydroxyl groups is 1. The van der Waals surface area contributed by atoms with E-state index in [-0.39, 0.29) is 23.8 Å². The number of hydrogen-bond acceptors (Lipinski definition) is 4. The Bertz CT molecular complexity index is 578. The fourth-order valence-corrected chi connectivity index (χ4v) is 4.71. The van der Waals surface area contributed by atoms with Gasteiger partial charge in [-0.2, -0.15) is 5.10 Å². The second kappa shape index (κ2) is 7.08. The topological polar surface area (TPSA) is 61.6 Å². The van der Waals surface area contributed by atoms with Gasteiger partial charge in [-0.3, -0.25) is 9.48 Å². The highest BCUT2D eigenvalue weighted by molar-refractivity contribution is 5.85. The third-order valence-electron chi connectivity index (χ3n) is 6.22. The molecule has 2 saturated heterocycles. The minimum Gasteiger partial charge on any atom is -0.396 e. The Morgan fingerprint density at radius 1 is 1.20 bits per heavy atom. The molecule has 1 aromatic heterocycles. The van der Waals surface area contributed by atoms with Crippen LogP contribution in [0.25, 0.3) is 0 Å². The highest BCUT2D eigenvalue weighted by Gasteiger charge is 2.53. The number of aromatic nitrogens is 2. The van der Waals surface area contributed by atoms with Gasteiger partial charge in [-0.05, 0) is 63.1 Å². The van der Waals surface area contributed by atoms with Crippen molar-refractivity contribution in [2.24, 2.45) is 17.3 Å². The second-order valence-electron chi connectivity index (χ2n) is 8.35. The number of carbonyl (C=O) groups excluding carboxylic acids is 1. The smallest absolute Gasteiger partial charge is 0.230 e. The summed E-state index contributed by atoms with van der Waals surface area (Å²) >= 11 is 0. The normalized spacial score (nSPS) is 29.1. The summed E-state index contributed by atoms with van der Waals surface area (Å²) in [6, 6.07) is 1.91. The van der Waals surface area contributed by atoms with Crippen LogP contribution < -0.4 is 0 Å². The van der Waals surface area contributed by atoms with Crippen molar-refractivity contribution in [3.8, 4) is 0 Å². The number of likely N-dealkylation sites (tertiary alicyclic amines) is 2. The first-order valence-electron chi connectivity index (χ1n) is 9.78. The van der Waals surface area contributed by atoms with Crippen molar-refractivity contribution in [2.45, 2.75) is 38.6 Å². The van der Waals surface area contributed by atoms with E-state index >= 15 is 0 Å². The summed E-state index contributed by atoms with van der Waals surface area (Å²) in [7, 11) is 0. The van der Waals surface area contributed by atoms with Crippen molar-refractivity contribution in [3.05, 3.63) is 18.5 Å². The highest BCUT2D eigenvalue weighted by atomic mass is 16.3. The number of rotatable bonds is 6. The van der Waals surface area contributed by atoms with Crippen molar-refractivity contribution in [1.29, 1.82) is 0 Å². The SMILES string of the molecule is O=C(N1C[C@@H](CN2CCCC2)C[C@H](CO)C1)C1(Cn2cccn2)CC1. The maximum absolute atomic E-state index is 13.2. The molecule has 4 rings (SSSR count). The summed E-state index contributed by atoms with van der Waals surface area (Å²) in [5.41, 5.74) is -0.248. The van der Waals surface area contributed by atoms with Crippen molar-refractivity contribution in [1.82, 2.24) is 19.6 Å². The summed E-state index contributed by atoms with van der Waals surface area (Å²) in [5.74, 6) is 1.01. The van der Waals surface area contributed by atoms with Crippen molar-refractivity contribution in [2.75, 3.05) is 39.3 Å². The Morgan fingerprint density at radius 3 is 2.60 bits per heavy atom. The van der Waals surface area contributed by atoms with Gasteiger partial charge in [0, 0.05) is 38.6 Å². The van der Waals surface area contributed by atoms with E-state index in [0.717, 1.165) is 32.4 Å². The zero-order valence-electron chi connectivity index (χ0n) is 15.0. The van der Waals surface area contributed by atoms with Crippen molar-refractivity contribution in [3.63, 3.8) is 0 Å². The Morgan fingerprint density at radius 2 is 1.96 bits per heavy atom. The van der Waals surface area contributed by atoms with E-state index in [4.69, 9.17) is 0 Å². The molecule has 6 nitrogen and oxygen atoms in total. The van der Waals surface area contributed by atoms with Crippen LogP contribution in [0.15, 0.2) is 18.5 Å². The Kier molecular flexibility index (Phi) is 4.82. The summed E-state index contributed by atoms with van der Waals surface area (Å²) in [5, 5.41) is 14.0. The maximum Gasteiger partial charge on any atom is 0.230 e. The fourth-order valence-electron chi connectivity index (χ4n) is 4.71. The maximum atomic E-state index is 13.2. The van der Waals surface area contributed by atoms with Gasteiger partial charge in [0.05, 0.1) is 12.0 Å². The van der Waals surface area contributed by atoms with E-state index in [0.29, 0.717) is 19.0 Å². The van der Waals surface area contributed by atoms with E-state index in [1.54, 1.807) is 6.20 Å². The predicted molar refractivity (Wildman–Crippen MR) is 94.8 cm³/mol. The molecule has 1 aliphatic carbocycles. The second-order valence-corrected chi connectivity index (χ2v) is 8.35. The predicted octanol–water partition coefficient (Wildman–Crippen LogP) is 1.22. The molecule has 1 aromatic rings. The molecule has 138 valence electrons. The molecular formula is C19H30N4O2. The molecule has 0 bridgehead atoms. The average molecular weight is 346 g/mol. The van der Waals surface area contributed by atoms with Gasteiger partial charge in [-0.15, -0.1) is 0 Å². The molecule has 3 aliphatic rings. The first-order chi connectivity index (χ1) is 12.2. The minimum atomic E-state index is -0.248. The minimum absolute atomic E-state index is 0.187. The molecule has 0 spiro atoms. The third-order valence-corrected chi connectivity index (χ3v) is 6.22. The van der Waals surface area contributed by atoms with Crippen LogP contribution in [0.3, 0.4) is 0 Å². The number of hydrogen-bond donors (Lipinski definition) is 1. The van der Waals surface area contributed by atoms with Crippen molar-refractivity contribution < 1.29 is 9.90 Å². The first-order valence-corrected chi connectivity index (χ1v) is 9.78. The lowest BCUT2D eigenvalue weighted by Gasteiger charge is -2.40. The van der Waals surface area contributed by atoms with Gasteiger partial charge in [-0.1, -0.05) is 0 Å². The van der Waals surface area contributed by atoms with Crippen LogP contribution in [0.1, 0.15) is 32.1 Å². The molecule has 0 unspecified atom stereocenters. The van der Waals surface area contributed by atoms with E-state index in [9.17, 15) is 9.90 Å². The molecule has 3 fully saturated rings. The standard InChI is InChI=1S/C19H30N4O2/c24-14-17-10-16(11-21-7-1-2-8-21)12-22(13-17)18(25)19(4-5-19)15-23-9-3-6-20-23/h3,6,9,16-17,24H,1-2,4-5,7-8,10-15H2/t16-,17+/m1/s1. The van der Waals surface area contributed by atoms with Gasteiger partial charge >= 0.3 is 0 Å². The number of amides is 1. The van der Waals surface area contributed by atoms with Crippen LogP contribution in [0.4, 0.5) is 0 Å². The van der Waals surface area contributed by atoms with E-state index in [1.807, 2.05) is 16.9 Å². The molecule has 1 amide bonds. The lowest BCUT2D eigenvalue weighted by Crippen LogP contribution is -2.50. The molecule has 1 N–H and O–H groups in total. The fraction of sp³-hybridized carbons (Fsp3) is 0.789. The molecule has 2 atom stereocenters. The van der Waals surface area contributed by atoms with Gasteiger partial charge in [0.25, 0.3) is 0 Å². The van der Waals surface area contributed by atoms with Crippen LogP contribution >= 0.6 is 0 Å². The van der Waals surface area contributed by atoms with Crippen molar-refractivity contribution >= 4 is 5.91 Å². The summed E-state index contributed by atoms with van der Waals surface area (Å²) in [6.45, 7) is 5.91. The van der Waals surface area contributed by atoms with Gasteiger partial charge in [0.15, 0.2) is 0 Å².